The zero-order valence-corrected chi connectivity index (χ0v) is 16.1. The Kier molecular flexibility index (Phi) is 5.11. The minimum atomic E-state index is 0.722. The van der Waals surface area contributed by atoms with Gasteiger partial charge in [0.1, 0.15) is 0 Å². The van der Waals surface area contributed by atoms with Crippen molar-refractivity contribution in [2.45, 2.75) is 6.67 Å². The van der Waals surface area contributed by atoms with Crippen LogP contribution in [-0.4, -0.2) is 35.3 Å². The van der Waals surface area contributed by atoms with Crippen molar-refractivity contribution >= 4 is 29.5 Å². The normalized spacial score (nSPS) is 15.3. The average molecular weight is 386 g/mol. The van der Waals surface area contributed by atoms with E-state index in [1.165, 1.54) is 5.69 Å². The molecule has 0 saturated carbocycles. The highest BCUT2D eigenvalue weighted by molar-refractivity contribution is 7.71. The smallest absolute Gasteiger partial charge is 0.188 e. The molecule has 6 heteroatoms. The summed E-state index contributed by atoms with van der Waals surface area (Å²) in [4.78, 5) is 4.01. The molecule has 0 bridgehead atoms. The molecule has 26 heavy (non-hydrogen) atoms. The van der Waals surface area contributed by atoms with E-state index in [2.05, 4.69) is 46.0 Å². The molecule has 2 heterocycles. The largest absolute Gasteiger partial charge is 0.360 e. The number of nitrogens with zero attached hydrogens (tertiary/aromatic N) is 3. The van der Waals surface area contributed by atoms with Crippen molar-refractivity contribution in [3.63, 3.8) is 0 Å². The number of hydrogen-bond donors (Lipinski definition) is 1. The summed E-state index contributed by atoms with van der Waals surface area (Å²) in [6.07, 6.45) is 4.09. The highest BCUT2D eigenvalue weighted by atomic mass is 35.5. The third kappa shape index (κ3) is 3.70. The Morgan fingerprint density at radius 3 is 2.38 bits per heavy atom. The number of para-hydroxylation sites is 1. The highest BCUT2D eigenvalue weighted by Crippen LogP contribution is 2.16. The van der Waals surface area contributed by atoms with Crippen molar-refractivity contribution < 1.29 is 4.90 Å². The van der Waals surface area contributed by atoms with Crippen LogP contribution in [0.3, 0.4) is 0 Å². The predicted octanol–water partition coefficient (Wildman–Crippen LogP) is 3.02. The maximum absolute atomic E-state index is 6.11. The Morgan fingerprint density at radius 2 is 1.65 bits per heavy atom. The summed E-state index contributed by atoms with van der Waals surface area (Å²) in [5.74, 6) is 0. The van der Waals surface area contributed by atoms with Crippen LogP contribution in [0.2, 0.25) is 5.02 Å². The van der Waals surface area contributed by atoms with Gasteiger partial charge in [-0.2, -0.15) is 0 Å². The van der Waals surface area contributed by atoms with Crippen LogP contribution in [0.1, 0.15) is 0 Å². The van der Waals surface area contributed by atoms with Gasteiger partial charge >= 0.3 is 0 Å². The maximum atomic E-state index is 6.11. The molecule has 0 amide bonds. The molecule has 1 aliphatic heterocycles. The number of nitrogens with one attached hydrogen (secondary N) is 1. The molecule has 3 aromatic rings. The van der Waals surface area contributed by atoms with Gasteiger partial charge in [0.05, 0.1) is 26.2 Å². The Balaban J connectivity index is 1.42. The van der Waals surface area contributed by atoms with Gasteiger partial charge in [0.2, 0.25) is 0 Å². The molecule has 1 fully saturated rings. The summed E-state index contributed by atoms with van der Waals surface area (Å²) in [5.41, 5.74) is 2.32. The van der Waals surface area contributed by atoms with E-state index in [0.29, 0.717) is 0 Å². The fourth-order valence-electron chi connectivity index (χ4n) is 3.47. The molecule has 1 aromatic heterocycles. The summed E-state index contributed by atoms with van der Waals surface area (Å²) in [5, 5.41) is 0.722. The number of rotatable bonds is 4. The third-order valence-electron chi connectivity index (χ3n) is 4.92. The van der Waals surface area contributed by atoms with Crippen LogP contribution >= 0.6 is 23.8 Å². The van der Waals surface area contributed by atoms with E-state index >= 15 is 0 Å². The molecule has 1 saturated heterocycles. The van der Waals surface area contributed by atoms with E-state index in [1.54, 1.807) is 4.90 Å². The Labute approximate surface area is 163 Å². The Bertz CT molecular complexity index is 926. The van der Waals surface area contributed by atoms with Gasteiger partial charge in [-0.25, -0.2) is 0 Å². The van der Waals surface area contributed by atoms with E-state index in [9.17, 15) is 0 Å². The summed E-state index contributed by atoms with van der Waals surface area (Å²) >= 11 is 11.8. The van der Waals surface area contributed by atoms with Crippen LogP contribution in [-0.2, 0) is 6.67 Å². The standard InChI is InChI=1S/C20H21ClN4S/c21-17-5-4-8-19(15-17)25-14-13-24(20(25)26)16-22-9-11-23(12-10-22)18-6-2-1-3-7-18/h1-8,13-15H,9-12,16H2/p+1. The van der Waals surface area contributed by atoms with Gasteiger partial charge in [-0.15, -0.1) is 0 Å². The lowest BCUT2D eigenvalue weighted by atomic mass is 10.2. The number of halogens is 1. The number of benzene rings is 2. The van der Waals surface area contributed by atoms with Crippen LogP contribution in [0.15, 0.2) is 67.0 Å². The summed E-state index contributed by atoms with van der Waals surface area (Å²) < 4.78 is 4.98. The molecular formula is C20H22ClN4S+. The van der Waals surface area contributed by atoms with E-state index in [1.807, 2.05) is 35.0 Å². The minimum Gasteiger partial charge on any atom is -0.360 e. The predicted molar refractivity (Wildman–Crippen MR) is 109 cm³/mol. The first-order valence-electron chi connectivity index (χ1n) is 8.88. The monoisotopic (exact) mass is 385 g/mol. The lowest BCUT2D eigenvalue weighted by molar-refractivity contribution is -0.923. The molecule has 0 unspecified atom stereocenters. The van der Waals surface area contributed by atoms with Gasteiger partial charge in [-0.1, -0.05) is 35.9 Å². The zero-order valence-electron chi connectivity index (χ0n) is 14.5. The highest BCUT2D eigenvalue weighted by Gasteiger charge is 2.20. The van der Waals surface area contributed by atoms with Crippen LogP contribution in [0.25, 0.3) is 5.69 Å². The van der Waals surface area contributed by atoms with Crippen molar-refractivity contribution in [1.29, 1.82) is 0 Å². The zero-order chi connectivity index (χ0) is 17.9. The number of piperazine rings is 1. The second-order valence-electron chi connectivity index (χ2n) is 6.63. The van der Waals surface area contributed by atoms with Crippen LogP contribution in [0, 0.1) is 4.77 Å². The van der Waals surface area contributed by atoms with Gasteiger partial charge < -0.3 is 9.80 Å². The number of aromatic nitrogens is 2. The SMILES string of the molecule is S=c1n(C[NH+]2CCN(c3ccccc3)CC2)ccn1-c1cccc(Cl)c1. The van der Waals surface area contributed by atoms with Crippen molar-refractivity contribution in [3.8, 4) is 5.69 Å². The second-order valence-corrected chi connectivity index (χ2v) is 7.43. The number of hydrogen-bond acceptors (Lipinski definition) is 2. The molecule has 4 rings (SSSR count). The molecule has 134 valence electrons. The Morgan fingerprint density at radius 1 is 0.923 bits per heavy atom. The van der Waals surface area contributed by atoms with Crippen molar-refractivity contribution in [1.82, 2.24) is 9.13 Å². The van der Waals surface area contributed by atoms with E-state index < -0.39 is 0 Å². The van der Waals surface area contributed by atoms with Gasteiger partial charge in [-0.05, 0) is 42.5 Å². The van der Waals surface area contributed by atoms with Crippen LogP contribution in [0.4, 0.5) is 5.69 Å². The second kappa shape index (κ2) is 7.66. The number of anilines is 1. The van der Waals surface area contributed by atoms with Crippen LogP contribution in [0.5, 0.6) is 0 Å². The van der Waals surface area contributed by atoms with E-state index in [0.717, 1.165) is 48.3 Å². The molecule has 1 N–H and O–H groups in total. The first kappa shape index (κ1) is 17.3. The molecule has 0 aliphatic carbocycles. The lowest BCUT2D eigenvalue weighted by Gasteiger charge is -2.33. The van der Waals surface area contributed by atoms with Gasteiger partial charge in [0.25, 0.3) is 0 Å². The van der Waals surface area contributed by atoms with Crippen molar-refractivity contribution in [2.24, 2.45) is 0 Å². The third-order valence-corrected chi connectivity index (χ3v) is 5.59. The minimum absolute atomic E-state index is 0.722. The van der Waals surface area contributed by atoms with Crippen molar-refractivity contribution in [2.75, 3.05) is 31.1 Å². The van der Waals surface area contributed by atoms with Gasteiger partial charge in [-0.3, -0.25) is 9.13 Å². The van der Waals surface area contributed by atoms with Crippen LogP contribution < -0.4 is 9.80 Å². The molecule has 2 aromatic carbocycles. The molecule has 1 aliphatic rings. The van der Waals surface area contributed by atoms with Crippen molar-refractivity contribution in [3.05, 3.63) is 76.8 Å². The summed E-state index contributed by atoms with van der Waals surface area (Å²) in [6, 6.07) is 18.4. The molecule has 0 atom stereocenters. The number of quaternary nitrogens is 1. The lowest BCUT2D eigenvalue weighted by Crippen LogP contribution is -3.14. The molecular weight excluding hydrogens is 364 g/mol. The van der Waals surface area contributed by atoms with E-state index in [4.69, 9.17) is 23.8 Å². The molecule has 4 nitrogen and oxygen atoms in total. The quantitative estimate of drug-likeness (QED) is 0.695. The first-order chi connectivity index (χ1) is 12.7. The fourth-order valence-corrected chi connectivity index (χ4v) is 3.95. The average Bonchev–Trinajstić information content (AvgIpc) is 3.03. The molecule has 0 spiro atoms. The fraction of sp³-hybridized carbons (Fsp3) is 0.250. The summed E-state index contributed by atoms with van der Waals surface area (Å²) in [7, 11) is 0. The summed E-state index contributed by atoms with van der Waals surface area (Å²) in [6.45, 7) is 5.26. The number of imidazole rings is 1. The molecule has 0 radical (unpaired) electrons. The van der Waals surface area contributed by atoms with Gasteiger partial charge in [0, 0.05) is 28.8 Å². The van der Waals surface area contributed by atoms with Gasteiger partial charge in [0.15, 0.2) is 11.4 Å². The Hall–Kier alpha value is -2.08. The maximum Gasteiger partial charge on any atom is 0.188 e. The topological polar surface area (TPSA) is 17.5 Å². The first-order valence-corrected chi connectivity index (χ1v) is 9.66. The van der Waals surface area contributed by atoms with E-state index in [-0.39, 0.29) is 0 Å².